The maximum Gasteiger partial charge on any atom is 0.239 e. The fourth-order valence-electron chi connectivity index (χ4n) is 1.51. The number of nitrogens with one attached hydrogen (secondary N) is 2. The molecule has 1 amide bonds. The van der Waals surface area contributed by atoms with Crippen molar-refractivity contribution < 1.29 is 4.79 Å². The van der Waals surface area contributed by atoms with Crippen LogP contribution in [-0.4, -0.2) is 32.4 Å². The molecule has 0 aliphatic rings. The van der Waals surface area contributed by atoms with Crippen LogP contribution in [-0.2, 0) is 11.8 Å². The van der Waals surface area contributed by atoms with Gasteiger partial charge in [-0.2, -0.15) is 10.2 Å². The number of carbonyl (C=O) groups excluding carboxylic acids is 1. The number of H-pyrrole nitrogens is 1. The normalized spacial score (nSPS) is 10.9. The van der Waals surface area contributed by atoms with Crippen molar-refractivity contribution in [2.45, 2.75) is 6.92 Å². The third-order valence-electron chi connectivity index (χ3n) is 2.17. The van der Waals surface area contributed by atoms with Crippen molar-refractivity contribution in [2.75, 3.05) is 11.9 Å². The quantitative estimate of drug-likeness (QED) is 0.619. The molecule has 80 valence electrons. The molecule has 7 nitrogen and oxygen atoms in total. The molecule has 2 aromatic rings. The van der Waals surface area contributed by atoms with Crippen LogP contribution in [0.15, 0.2) is 0 Å². The minimum absolute atomic E-state index is 0.0557. The van der Waals surface area contributed by atoms with E-state index in [2.05, 4.69) is 20.6 Å². The Balaban J connectivity index is 2.48. The third kappa shape index (κ3) is 1.46. The fraction of sp³-hybridized carbons (Fsp3) is 0.375. The van der Waals surface area contributed by atoms with E-state index in [1.807, 2.05) is 6.92 Å². The van der Waals surface area contributed by atoms with E-state index in [-0.39, 0.29) is 12.5 Å². The summed E-state index contributed by atoms with van der Waals surface area (Å²) in [5.41, 5.74) is 6.73. The van der Waals surface area contributed by atoms with Gasteiger partial charge in [-0.1, -0.05) is 0 Å². The molecular weight excluding hydrogens is 196 g/mol. The van der Waals surface area contributed by atoms with Crippen molar-refractivity contribution in [1.29, 1.82) is 0 Å². The lowest BCUT2D eigenvalue weighted by Crippen LogP contribution is -2.22. The van der Waals surface area contributed by atoms with Crippen LogP contribution in [0.1, 0.15) is 5.69 Å². The fourth-order valence-corrected chi connectivity index (χ4v) is 1.51. The number of nitrogens with two attached hydrogens (primary N) is 1. The van der Waals surface area contributed by atoms with Crippen LogP contribution in [0.25, 0.3) is 11.0 Å². The van der Waals surface area contributed by atoms with Crippen molar-refractivity contribution in [3.63, 3.8) is 0 Å². The predicted octanol–water partition coefficient (Wildman–Crippen LogP) is -0.498. The highest BCUT2D eigenvalue weighted by atomic mass is 16.1. The molecule has 2 aromatic heterocycles. The summed E-state index contributed by atoms with van der Waals surface area (Å²) in [5.74, 6) is 0.287. The predicted molar refractivity (Wildman–Crippen MR) is 55.3 cm³/mol. The first-order valence-corrected chi connectivity index (χ1v) is 4.51. The van der Waals surface area contributed by atoms with Crippen LogP contribution in [0.2, 0.25) is 0 Å². The summed E-state index contributed by atoms with van der Waals surface area (Å²) in [5, 5.41) is 14.4. The van der Waals surface area contributed by atoms with E-state index in [4.69, 9.17) is 5.73 Å². The van der Waals surface area contributed by atoms with Gasteiger partial charge in [0.15, 0.2) is 5.65 Å². The van der Waals surface area contributed by atoms with E-state index in [0.29, 0.717) is 11.5 Å². The van der Waals surface area contributed by atoms with Crippen molar-refractivity contribution in [1.82, 2.24) is 20.0 Å². The average molecular weight is 208 g/mol. The number of hydrogen-bond donors (Lipinski definition) is 3. The van der Waals surface area contributed by atoms with Gasteiger partial charge in [0.2, 0.25) is 5.91 Å². The topological polar surface area (TPSA) is 102 Å². The van der Waals surface area contributed by atoms with Crippen LogP contribution >= 0.6 is 0 Å². The van der Waals surface area contributed by atoms with Gasteiger partial charge >= 0.3 is 0 Å². The molecule has 2 rings (SSSR count). The van der Waals surface area contributed by atoms with Gasteiger partial charge in [0, 0.05) is 7.05 Å². The molecule has 0 fully saturated rings. The minimum Gasteiger partial charge on any atom is -0.322 e. The number of fused-ring (bicyclic) bond motifs is 1. The number of carbonyl (C=O) groups is 1. The summed E-state index contributed by atoms with van der Waals surface area (Å²) in [4.78, 5) is 11.1. The highest BCUT2D eigenvalue weighted by molar-refractivity contribution is 6.00. The molecule has 0 radical (unpaired) electrons. The summed E-state index contributed by atoms with van der Waals surface area (Å²) < 4.78 is 1.65. The summed E-state index contributed by atoms with van der Waals surface area (Å²) in [6.07, 6.45) is 0. The lowest BCUT2D eigenvalue weighted by molar-refractivity contribution is -0.114. The van der Waals surface area contributed by atoms with E-state index in [0.717, 1.165) is 11.1 Å². The number of aromatic nitrogens is 4. The van der Waals surface area contributed by atoms with E-state index >= 15 is 0 Å². The zero-order valence-corrected chi connectivity index (χ0v) is 8.53. The van der Waals surface area contributed by atoms with Crippen molar-refractivity contribution in [3.05, 3.63) is 5.69 Å². The van der Waals surface area contributed by atoms with E-state index in [1.54, 1.807) is 11.7 Å². The van der Waals surface area contributed by atoms with Gasteiger partial charge in [-0.25, -0.2) is 4.68 Å². The minimum atomic E-state index is -0.260. The van der Waals surface area contributed by atoms with Crippen molar-refractivity contribution in [3.8, 4) is 0 Å². The third-order valence-corrected chi connectivity index (χ3v) is 2.17. The van der Waals surface area contributed by atoms with Crippen LogP contribution in [0, 0.1) is 6.92 Å². The number of anilines is 1. The van der Waals surface area contributed by atoms with Gasteiger partial charge < -0.3 is 11.1 Å². The molecule has 0 spiro atoms. The largest absolute Gasteiger partial charge is 0.322 e. The molecule has 0 bridgehead atoms. The van der Waals surface area contributed by atoms with E-state index in [9.17, 15) is 4.79 Å². The molecular formula is C8H12N6O. The standard InChI is InChI=1S/C8H12N6O/c1-4-6-7(10-5(15)3-9)11-12-8(6)14(2)13-4/h3,9H2,1-2H3,(H2,10,11,12,15). The lowest BCUT2D eigenvalue weighted by Gasteiger charge is -1.98. The Labute approximate surface area is 85.6 Å². The Morgan fingerprint density at radius 1 is 1.67 bits per heavy atom. The molecule has 15 heavy (non-hydrogen) atoms. The summed E-state index contributed by atoms with van der Waals surface area (Å²) >= 11 is 0. The van der Waals surface area contributed by atoms with Gasteiger partial charge in [-0.15, -0.1) is 0 Å². The molecule has 0 unspecified atom stereocenters. The Kier molecular flexibility index (Phi) is 2.16. The second-order valence-electron chi connectivity index (χ2n) is 3.26. The summed E-state index contributed by atoms with van der Waals surface area (Å²) in [6, 6.07) is 0. The molecule has 0 saturated heterocycles. The smallest absolute Gasteiger partial charge is 0.239 e. The molecule has 0 saturated carbocycles. The number of aromatic amines is 1. The highest BCUT2D eigenvalue weighted by Crippen LogP contribution is 2.22. The number of nitrogens with zero attached hydrogens (tertiary/aromatic N) is 3. The summed E-state index contributed by atoms with van der Waals surface area (Å²) in [6.45, 7) is 1.80. The Morgan fingerprint density at radius 2 is 2.40 bits per heavy atom. The Hall–Kier alpha value is -1.89. The first kappa shape index (κ1) is 9.66. The monoisotopic (exact) mass is 208 g/mol. The lowest BCUT2D eigenvalue weighted by atomic mass is 10.3. The molecule has 0 aromatic carbocycles. The van der Waals surface area contributed by atoms with E-state index in [1.165, 1.54) is 0 Å². The van der Waals surface area contributed by atoms with E-state index < -0.39 is 0 Å². The van der Waals surface area contributed by atoms with Crippen LogP contribution in [0.3, 0.4) is 0 Å². The van der Waals surface area contributed by atoms with Crippen LogP contribution < -0.4 is 11.1 Å². The molecule has 2 heterocycles. The zero-order chi connectivity index (χ0) is 11.0. The molecule has 4 N–H and O–H groups in total. The first-order valence-electron chi connectivity index (χ1n) is 4.51. The Bertz CT molecular complexity index is 510. The maximum absolute atomic E-state index is 11.1. The summed E-state index contributed by atoms with van der Waals surface area (Å²) in [7, 11) is 1.80. The number of hydrogen-bond acceptors (Lipinski definition) is 4. The van der Waals surface area contributed by atoms with Gasteiger partial charge in [0.25, 0.3) is 0 Å². The Morgan fingerprint density at radius 3 is 3.07 bits per heavy atom. The zero-order valence-electron chi connectivity index (χ0n) is 8.53. The number of aryl methyl sites for hydroxylation is 2. The average Bonchev–Trinajstić information content (AvgIpc) is 2.71. The highest BCUT2D eigenvalue weighted by Gasteiger charge is 2.14. The first-order chi connectivity index (χ1) is 7.13. The van der Waals surface area contributed by atoms with Gasteiger partial charge in [-0.05, 0) is 6.92 Å². The molecule has 0 aliphatic heterocycles. The second-order valence-corrected chi connectivity index (χ2v) is 3.26. The van der Waals surface area contributed by atoms with Crippen LogP contribution in [0.5, 0.6) is 0 Å². The SMILES string of the molecule is Cc1nn(C)c2n[nH]c(NC(=O)CN)c12. The number of rotatable bonds is 2. The van der Waals surface area contributed by atoms with Gasteiger partial charge in [0.05, 0.1) is 17.6 Å². The van der Waals surface area contributed by atoms with Crippen molar-refractivity contribution >= 4 is 22.8 Å². The van der Waals surface area contributed by atoms with Gasteiger partial charge in [0.1, 0.15) is 5.82 Å². The second kappa shape index (κ2) is 3.35. The number of amides is 1. The molecule has 7 heteroatoms. The molecule has 0 atom stereocenters. The van der Waals surface area contributed by atoms with Crippen LogP contribution in [0.4, 0.5) is 5.82 Å². The maximum atomic E-state index is 11.1. The van der Waals surface area contributed by atoms with Gasteiger partial charge in [-0.3, -0.25) is 9.89 Å². The molecule has 0 aliphatic carbocycles. The van der Waals surface area contributed by atoms with Crippen molar-refractivity contribution in [2.24, 2.45) is 12.8 Å².